The van der Waals surface area contributed by atoms with Crippen molar-refractivity contribution in [3.63, 3.8) is 0 Å². The number of fused-ring (bicyclic) bond motifs is 1. The maximum Gasteiger partial charge on any atom is 0.123 e. The van der Waals surface area contributed by atoms with Gasteiger partial charge in [-0.15, -0.1) is 17.0 Å². The van der Waals surface area contributed by atoms with Crippen molar-refractivity contribution in [1.82, 2.24) is 5.32 Å². The van der Waals surface area contributed by atoms with Gasteiger partial charge in [0.25, 0.3) is 0 Å². The van der Waals surface area contributed by atoms with E-state index >= 15 is 0 Å². The van der Waals surface area contributed by atoms with E-state index in [0.717, 1.165) is 22.8 Å². The lowest BCUT2D eigenvalue weighted by Gasteiger charge is -2.14. The molecule has 6 heteroatoms. The van der Waals surface area contributed by atoms with Crippen molar-refractivity contribution in [2.45, 2.75) is 12.5 Å². The Kier molecular flexibility index (Phi) is 6.85. The molecule has 0 amide bonds. The average Bonchev–Trinajstić information content (AvgIpc) is 2.59. The molecule has 0 aliphatic carbocycles. The third-order valence-electron chi connectivity index (χ3n) is 4.21. The van der Waals surface area contributed by atoms with Gasteiger partial charge < -0.3 is 25.7 Å². The molecule has 0 heterocycles. The average molecular weight is 420 g/mol. The Balaban J connectivity index is 0.00000243. The molecule has 0 aliphatic rings. The summed E-state index contributed by atoms with van der Waals surface area (Å²) in [5.41, 5.74) is 1.57. The smallest absolute Gasteiger partial charge is 0.123 e. The first kappa shape index (κ1) is 20.0. The molecule has 5 N–H and O–H groups in total. The van der Waals surface area contributed by atoms with Crippen molar-refractivity contribution in [1.29, 1.82) is 0 Å². The number of aromatic hydroxyl groups is 3. The van der Waals surface area contributed by atoms with Gasteiger partial charge in [0.15, 0.2) is 0 Å². The van der Waals surface area contributed by atoms with Crippen LogP contribution >= 0.6 is 17.0 Å². The zero-order chi connectivity index (χ0) is 17.8. The van der Waals surface area contributed by atoms with E-state index in [0.29, 0.717) is 18.7 Å². The summed E-state index contributed by atoms with van der Waals surface area (Å²) in [6.45, 7) is 0.954. The van der Waals surface area contributed by atoms with E-state index in [-0.39, 0.29) is 34.2 Å². The number of aliphatic hydroxyl groups excluding tert-OH is 1. The SMILES string of the molecule is Br.Oc1cc(O)cc(C(O)CNCCc2ccc(O)c3ccccc23)c1. The summed E-state index contributed by atoms with van der Waals surface area (Å²) in [6, 6.07) is 15.4. The number of phenols is 3. The highest BCUT2D eigenvalue weighted by Crippen LogP contribution is 2.27. The summed E-state index contributed by atoms with van der Waals surface area (Å²) in [6.07, 6.45) is -0.0757. The van der Waals surface area contributed by atoms with E-state index in [1.807, 2.05) is 30.3 Å². The molecule has 138 valence electrons. The van der Waals surface area contributed by atoms with Gasteiger partial charge in [0.05, 0.1) is 6.10 Å². The molecule has 0 saturated carbocycles. The van der Waals surface area contributed by atoms with Crippen LogP contribution in [-0.2, 0) is 6.42 Å². The van der Waals surface area contributed by atoms with E-state index < -0.39 is 6.10 Å². The molecule has 26 heavy (non-hydrogen) atoms. The van der Waals surface area contributed by atoms with Gasteiger partial charge in [0.2, 0.25) is 0 Å². The van der Waals surface area contributed by atoms with Gasteiger partial charge in [-0.25, -0.2) is 0 Å². The van der Waals surface area contributed by atoms with Crippen molar-refractivity contribution in [2.24, 2.45) is 0 Å². The van der Waals surface area contributed by atoms with Gasteiger partial charge >= 0.3 is 0 Å². The van der Waals surface area contributed by atoms with Crippen LogP contribution in [0.1, 0.15) is 17.2 Å². The first-order valence-electron chi connectivity index (χ1n) is 8.16. The summed E-state index contributed by atoms with van der Waals surface area (Å²) in [5, 5.41) is 44.0. The number of aliphatic hydroxyl groups is 1. The van der Waals surface area contributed by atoms with Crippen molar-refractivity contribution in [3.05, 3.63) is 65.7 Å². The standard InChI is InChI=1S/C20H21NO4.BrH/c22-15-9-14(10-16(23)11-15)20(25)12-21-8-7-13-5-6-19(24)18-4-2-1-3-17(13)18;/h1-6,9-11,20-25H,7-8,12H2;1H. The van der Waals surface area contributed by atoms with Crippen LogP contribution in [-0.4, -0.2) is 33.5 Å². The topological polar surface area (TPSA) is 93.0 Å². The summed E-state index contributed by atoms with van der Waals surface area (Å²) in [7, 11) is 0. The Morgan fingerprint density at radius 3 is 2.19 bits per heavy atom. The minimum Gasteiger partial charge on any atom is -0.508 e. The van der Waals surface area contributed by atoms with Crippen molar-refractivity contribution >= 4 is 27.8 Å². The number of nitrogens with one attached hydrogen (secondary N) is 1. The third kappa shape index (κ3) is 4.66. The van der Waals surface area contributed by atoms with Gasteiger partial charge in [0.1, 0.15) is 17.2 Å². The van der Waals surface area contributed by atoms with Crippen molar-refractivity contribution in [3.8, 4) is 17.2 Å². The van der Waals surface area contributed by atoms with Gasteiger partial charge in [-0.05, 0) is 47.7 Å². The highest BCUT2D eigenvalue weighted by Gasteiger charge is 2.10. The Morgan fingerprint density at radius 2 is 1.50 bits per heavy atom. The summed E-state index contributed by atoms with van der Waals surface area (Å²) >= 11 is 0. The normalized spacial score (nSPS) is 11.9. The van der Waals surface area contributed by atoms with Crippen LogP contribution in [0.5, 0.6) is 17.2 Å². The van der Waals surface area contributed by atoms with E-state index in [4.69, 9.17) is 0 Å². The molecule has 3 rings (SSSR count). The highest BCUT2D eigenvalue weighted by atomic mass is 79.9. The van der Waals surface area contributed by atoms with Crippen LogP contribution in [0, 0.1) is 0 Å². The molecule has 0 spiro atoms. The zero-order valence-corrected chi connectivity index (χ0v) is 15.8. The molecular weight excluding hydrogens is 398 g/mol. The third-order valence-corrected chi connectivity index (χ3v) is 4.21. The first-order valence-corrected chi connectivity index (χ1v) is 8.16. The molecule has 3 aromatic rings. The van der Waals surface area contributed by atoms with E-state index in [9.17, 15) is 20.4 Å². The van der Waals surface area contributed by atoms with Crippen LogP contribution in [0.2, 0.25) is 0 Å². The predicted octanol–water partition coefficient (Wildman–Crippen LogP) is 3.40. The second-order valence-electron chi connectivity index (χ2n) is 6.04. The van der Waals surface area contributed by atoms with Crippen molar-refractivity contribution < 1.29 is 20.4 Å². The van der Waals surface area contributed by atoms with Gasteiger partial charge in [0, 0.05) is 18.0 Å². The predicted molar refractivity (Wildman–Crippen MR) is 107 cm³/mol. The van der Waals surface area contributed by atoms with Crippen molar-refractivity contribution in [2.75, 3.05) is 13.1 Å². The monoisotopic (exact) mass is 419 g/mol. The van der Waals surface area contributed by atoms with Crippen LogP contribution in [0.3, 0.4) is 0 Å². The minimum absolute atomic E-state index is 0. The second-order valence-corrected chi connectivity index (χ2v) is 6.04. The van der Waals surface area contributed by atoms with E-state index in [1.165, 1.54) is 18.2 Å². The van der Waals surface area contributed by atoms with Gasteiger partial charge in [-0.1, -0.05) is 30.3 Å². The Hall–Kier alpha value is -2.28. The Bertz CT molecular complexity index is 865. The number of benzene rings is 3. The first-order chi connectivity index (χ1) is 12.0. The molecule has 0 radical (unpaired) electrons. The number of hydrogen-bond donors (Lipinski definition) is 5. The van der Waals surface area contributed by atoms with Crippen LogP contribution in [0.25, 0.3) is 10.8 Å². The number of phenolic OH excluding ortho intramolecular Hbond substituents is 3. The quantitative estimate of drug-likeness (QED) is 0.394. The summed E-state index contributed by atoms with van der Waals surface area (Å²) in [5.74, 6) is 0.112. The minimum atomic E-state index is -0.824. The molecule has 1 atom stereocenters. The lowest BCUT2D eigenvalue weighted by atomic mass is 10.0. The van der Waals surface area contributed by atoms with Crippen LogP contribution in [0.15, 0.2) is 54.6 Å². The van der Waals surface area contributed by atoms with E-state index in [1.54, 1.807) is 6.07 Å². The molecule has 0 aliphatic heterocycles. The van der Waals surface area contributed by atoms with Crippen LogP contribution < -0.4 is 5.32 Å². The molecule has 3 aromatic carbocycles. The summed E-state index contributed by atoms with van der Waals surface area (Å²) < 4.78 is 0. The fourth-order valence-corrected chi connectivity index (χ4v) is 2.95. The molecule has 1 unspecified atom stereocenters. The Labute approximate surface area is 162 Å². The Morgan fingerprint density at radius 1 is 0.846 bits per heavy atom. The maximum absolute atomic E-state index is 10.2. The number of halogens is 1. The second kappa shape index (κ2) is 8.89. The molecular formula is C20H22BrNO4. The molecule has 0 fully saturated rings. The lowest BCUT2D eigenvalue weighted by Crippen LogP contribution is -2.23. The largest absolute Gasteiger partial charge is 0.508 e. The summed E-state index contributed by atoms with van der Waals surface area (Å²) in [4.78, 5) is 0. The fraction of sp³-hybridized carbons (Fsp3) is 0.200. The van der Waals surface area contributed by atoms with Gasteiger partial charge in [-0.2, -0.15) is 0 Å². The molecule has 0 bridgehead atoms. The zero-order valence-electron chi connectivity index (χ0n) is 14.1. The van der Waals surface area contributed by atoms with Gasteiger partial charge in [-0.3, -0.25) is 0 Å². The highest BCUT2D eigenvalue weighted by molar-refractivity contribution is 8.93. The van der Waals surface area contributed by atoms with Crippen LogP contribution in [0.4, 0.5) is 0 Å². The lowest BCUT2D eigenvalue weighted by molar-refractivity contribution is 0.174. The molecule has 5 nitrogen and oxygen atoms in total. The van der Waals surface area contributed by atoms with E-state index in [2.05, 4.69) is 5.32 Å². The molecule has 0 aromatic heterocycles. The fourth-order valence-electron chi connectivity index (χ4n) is 2.95. The number of hydrogen-bond acceptors (Lipinski definition) is 5. The molecule has 0 saturated heterocycles. The number of rotatable bonds is 6. The maximum atomic E-state index is 10.2.